The van der Waals surface area contributed by atoms with E-state index in [0.717, 1.165) is 0 Å². The summed E-state index contributed by atoms with van der Waals surface area (Å²) in [5.74, 6) is -5.24. The Morgan fingerprint density at radius 1 is 0.909 bits per heavy atom. The van der Waals surface area contributed by atoms with Crippen molar-refractivity contribution >= 4 is 20.7 Å². The van der Waals surface area contributed by atoms with E-state index in [0.29, 0.717) is 0 Å². The zero-order chi connectivity index (χ0) is 8.59. The molecule has 0 amide bonds. The van der Waals surface area contributed by atoms with Gasteiger partial charge in [-0.15, -0.1) is 0 Å². The zero-order valence-electron chi connectivity index (χ0n) is 5.59. The molecule has 5 heteroatoms. The molecular formula is C6H3AlF4. The van der Waals surface area contributed by atoms with Crippen LogP contribution in [0.2, 0.25) is 0 Å². The van der Waals surface area contributed by atoms with Crippen LogP contribution in [0.1, 0.15) is 0 Å². The van der Waals surface area contributed by atoms with Crippen LogP contribution in [0.4, 0.5) is 17.6 Å². The molecule has 0 unspecified atom stereocenters. The Bertz CT molecular complexity index is 271. The van der Waals surface area contributed by atoms with Crippen LogP contribution < -0.4 is 4.43 Å². The van der Waals surface area contributed by atoms with E-state index in [9.17, 15) is 17.6 Å². The highest BCUT2D eigenvalue weighted by atomic mass is 27.0. The molecule has 1 rings (SSSR count). The predicted octanol–water partition coefficient (Wildman–Crippen LogP) is 0.501. The van der Waals surface area contributed by atoms with Crippen molar-refractivity contribution in [3.05, 3.63) is 29.3 Å². The maximum atomic E-state index is 12.4. The summed E-state index contributed by atoms with van der Waals surface area (Å²) in [5, 5.41) is 0. The molecule has 0 saturated carbocycles. The van der Waals surface area contributed by atoms with Gasteiger partial charge in [0, 0.05) is 6.07 Å². The van der Waals surface area contributed by atoms with Crippen molar-refractivity contribution in [2.24, 2.45) is 0 Å². The van der Waals surface area contributed by atoms with Crippen LogP contribution in [0.5, 0.6) is 0 Å². The van der Waals surface area contributed by atoms with Crippen molar-refractivity contribution in [3.8, 4) is 0 Å². The Morgan fingerprint density at radius 2 is 1.27 bits per heavy atom. The number of halogens is 4. The van der Waals surface area contributed by atoms with Crippen molar-refractivity contribution in [2.45, 2.75) is 0 Å². The number of benzene rings is 1. The van der Waals surface area contributed by atoms with E-state index in [2.05, 4.69) is 0 Å². The molecule has 58 valence electrons. The predicted molar refractivity (Wildman–Crippen MR) is 34.5 cm³/mol. The summed E-state index contributed by atoms with van der Waals surface area (Å²) in [6, 6.07) is 0.200. The molecule has 1 aromatic rings. The minimum absolute atomic E-state index is 0.0544. The van der Waals surface area contributed by atoms with E-state index in [-0.39, 0.29) is 22.4 Å². The van der Waals surface area contributed by atoms with Gasteiger partial charge in [-0.25, -0.2) is 17.6 Å². The Hall–Kier alpha value is -0.528. The third-order valence-electron chi connectivity index (χ3n) is 1.33. The summed E-state index contributed by atoms with van der Waals surface area (Å²) in [7, 11) is 0. The third kappa shape index (κ3) is 1.39. The first kappa shape index (κ1) is 8.57. The second-order valence-electron chi connectivity index (χ2n) is 2.09. The molecule has 11 heavy (non-hydrogen) atoms. The van der Waals surface area contributed by atoms with E-state index in [1.165, 1.54) is 0 Å². The molecule has 1 aromatic carbocycles. The second kappa shape index (κ2) is 2.84. The highest BCUT2D eigenvalue weighted by Crippen LogP contribution is 2.08. The van der Waals surface area contributed by atoms with Crippen molar-refractivity contribution in [1.82, 2.24) is 0 Å². The SMILES string of the molecule is Fc1cc(F)c(F)[c]([AlH2])c1F. The molecule has 0 heterocycles. The average Bonchev–Trinajstić information content (AvgIpc) is 1.97. The van der Waals surface area contributed by atoms with Crippen LogP contribution in [-0.4, -0.2) is 16.3 Å². The van der Waals surface area contributed by atoms with E-state index in [1.807, 2.05) is 0 Å². The van der Waals surface area contributed by atoms with Gasteiger partial charge in [0.15, 0.2) is 11.6 Å². The quantitative estimate of drug-likeness (QED) is 0.308. The molecule has 0 nitrogen and oxygen atoms in total. The van der Waals surface area contributed by atoms with Crippen LogP contribution in [-0.2, 0) is 0 Å². The standard InChI is InChI=1S/C6HF4.Al.2H/c7-3-1-4(8)6(10)2-5(3)9;;;/h1H;;;. The first-order valence-electron chi connectivity index (χ1n) is 2.83. The van der Waals surface area contributed by atoms with Gasteiger partial charge in [0.25, 0.3) is 16.3 Å². The van der Waals surface area contributed by atoms with E-state index >= 15 is 0 Å². The minimum Gasteiger partial charge on any atom is -0.205 e. The summed E-state index contributed by atoms with van der Waals surface area (Å²) in [4.78, 5) is 0. The molecular weight excluding hydrogens is 175 g/mol. The topological polar surface area (TPSA) is 0 Å². The lowest BCUT2D eigenvalue weighted by molar-refractivity contribution is 0.463. The second-order valence-corrected chi connectivity index (χ2v) is 3.09. The Labute approximate surface area is 68.3 Å². The fourth-order valence-electron chi connectivity index (χ4n) is 0.693. The third-order valence-corrected chi connectivity index (χ3v) is 2.21. The molecule has 0 aromatic heterocycles. The number of hydrogen-bond donors (Lipinski definition) is 0. The minimum atomic E-state index is -1.34. The molecule has 0 bridgehead atoms. The van der Waals surface area contributed by atoms with Crippen LogP contribution >= 0.6 is 0 Å². The van der Waals surface area contributed by atoms with Gasteiger partial charge >= 0.3 is 0 Å². The van der Waals surface area contributed by atoms with Crippen LogP contribution in [0, 0.1) is 23.3 Å². The molecule has 0 saturated heterocycles. The lowest BCUT2D eigenvalue weighted by Crippen LogP contribution is -2.17. The van der Waals surface area contributed by atoms with Crippen molar-refractivity contribution in [1.29, 1.82) is 0 Å². The maximum Gasteiger partial charge on any atom is 0.268 e. The smallest absolute Gasteiger partial charge is 0.205 e. The molecule has 0 aliphatic rings. The molecule has 0 aliphatic carbocycles. The molecule has 0 atom stereocenters. The molecule has 0 spiro atoms. The van der Waals surface area contributed by atoms with Gasteiger partial charge in [-0.1, -0.05) is 0 Å². The normalized spacial score (nSPS) is 10.2. The first-order chi connectivity index (χ1) is 5.04. The summed E-state index contributed by atoms with van der Waals surface area (Å²) in [5.41, 5.74) is 0. The fourth-order valence-corrected chi connectivity index (χ4v) is 1.17. The monoisotopic (exact) mass is 178 g/mol. The molecule has 0 fully saturated rings. The van der Waals surface area contributed by atoms with Gasteiger partial charge in [-0.3, -0.25) is 0 Å². The Balaban J connectivity index is 3.46. The van der Waals surface area contributed by atoms with Crippen molar-refractivity contribution < 1.29 is 17.6 Å². The van der Waals surface area contributed by atoms with Crippen LogP contribution in [0.15, 0.2) is 6.07 Å². The largest absolute Gasteiger partial charge is 0.268 e. The average molecular weight is 178 g/mol. The molecule has 0 radical (unpaired) electrons. The van der Waals surface area contributed by atoms with Crippen LogP contribution in [0.3, 0.4) is 0 Å². The van der Waals surface area contributed by atoms with Crippen molar-refractivity contribution in [2.75, 3.05) is 0 Å². The lowest BCUT2D eigenvalue weighted by atomic mass is 10.3. The molecule has 0 aliphatic heterocycles. The summed E-state index contributed by atoms with van der Waals surface area (Å²) in [6.07, 6.45) is 0. The fraction of sp³-hybridized carbons (Fsp3) is 0. The number of rotatable bonds is 0. The van der Waals surface area contributed by atoms with Gasteiger partial charge in [0.1, 0.15) is 11.6 Å². The van der Waals surface area contributed by atoms with Gasteiger partial charge in [0.2, 0.25) is 0 Å². The Kier molecular flexibility index (Phi) is 2.21. The van der Waals surface area contributed by atoms with E-state index in [4.69, 9.17) is 0 Å². The summed E-state index contributed by atoms with van der Waals surface area (Å²) < 4.78 is 48.9. The van der Waals surface area contributed by atoms with E-state index < -0.39 is 27.7 Å². The Morgan fingerprint density at radius 3 is 1.64 bits per heavy atom. The van der Waals surface area contributed by atoms with E-state index in [1.54, 1.807) is 0 Å². The van der Waals surface area contributed by atoms with Gasteiger partial charge in [-0.2, -0.15) is 0 Å². The van der Waals surface area contributed by atoms with Gasteiger partial charge in [-0.05, 0) is 4.43 Å². The lowest BCUT2D eigenvalue weighted by Gasteiger charge is -2.00. The van der Waals surface area contributed by atoms with Crippen LogP contribution in [0.25, 0.3) is 0 Å². The highest BCUT2D eigenvalue weighted by molar-refractivity contribution is 6.32. The van der Waals surface area contributed by atoms with Gasteiger partial charge < -0.3 is 0 Å². The zero-order valence-corrected chi connectivity index (χ0v) is 7.59. The van der Waals surface area contributed by atoms with Crippen molar-refractivity contribution in [3.63, 3.8) is 0 Å². The summed E-state index contributed by atoms with van der Waals surface area (Å²) >= 11 is -0.0544. The number of hydrogen-bond acceptors (Lipinski definition) is 0. The molecule has 0 N–H and O–H groups in total. The summed E-state index contributed by atoms with van der Waals surface area (Å²) in [6.45, 7) is 0. The van der Waals surface area contributed by atoms with Gasteiger partial charge in [0.05, 0.1) is 0 Å². The highest BCUT2D eigenvalue weighted by Gasteiger charge is 2.13. The first-order valence-corrected chi connectivity index (χ1v) is 3.83. The maximum absolute atomic E-state index is 12.4.